The Kier molecular flexibility index (Phi) is 2.96. The molecule has 0 aromatic heterocycles. The minimum absolute atomic E-state index is 0.0719. The van der Waals surface area contributed by atoms with E-state index in [1.807, 2.05) is 19.1 Å². The zero-order valence-electron chi connectivity index (χ0n) is 11.2. The third-order valence-corrected chi connectivity index (χ3v) is 6.08. The number of hydrogen-bond donors (Lipinski definition) is 1. The monoisotopic (exact) mass is 281 g/mol. The van der Waals surface area contributed by atoms with Crippen LogP contribution in [0.15, 0.2) is 29.2 Å². The average Bonchev–Trinajstić information content (AvgIpc) is 2.40. The molecule has 4 nitrogen and oxygen atoms in total. The number of sulfone groups is 1. The summed E-state index contributed by atoms with van der Waals surface area (Å²) in [5.74, 6) is 0.160. The highest BCUT2D eigenvalue weighted by Gasteiger charge is 2.46. The Morgan fingerprint density at radius 3 is 2.79 bits per heavy atom. The molecule has 5 heteroatoms. The van der Waals surface area contributed by atoms with Crippen molar-refractivity contribution in [2.24, 2.45) is 0 Å². The second-order valence-electron chi connectivity index (χ2n) is 5.55. The second-order valence-corrected chi connectivity index (χ2v) is 7.63. The van der Waals surface area contributed by atoms with Gasteiger partial charge in [0.2, 0.25) is 0 Å². The maximum atomic E-state index is 12.2. The number of rotatable bonds is 0. The quantitative estimate of drug-likeness (QED) is 0.782. The van der Waals surface area contributed by atoms with Crippen LogP contribution in [0.5, 0.6) is 0 Å². The molecule has 1 N–H and O–H groups in total. The summed E-state index contributed by atoms with van der Waals surface area (Å²) < 4.78 is 30.6. The minimum Gasteiger partial charge on any atom is -0.364 e. The molecule has 2 aliphatic heterocycles. The van der Waals surface area contributed by atoms with Gasteiger partial charge in [0.15, 0.2) is 9.84 Å². The fourth-order valence-corrected chi connectivity index (χ4v) is 4.65. The third kappa shape index (κ3) is 2.00. The van der Waals surface area contributed by atoms with Gasteiger partial charge in [-0.15, -0.1) is 0 Å². The summed E-state index contributed by atoms with van der Waals surface area (Å²) >= 11 is 0. The Morgan fingerprint density at radius 2 is 2.05 bits per heavy atom. The lowest BCUT2D eigenvalue weighted by molar-refractivity contribution is -0.135. The van der Waals surface area contributed by atoms with Crippen LogP contribution >= 0.6 is 0 Å². The van der Waals surface area contributed by atoms with Crippen LogP contribution in [0.25, 0.3) is 0 Å². The molecule has 3 rings (SSSR count). The van der Waals surface area contributed by atoms with Gasteiger partial charge in [-0.05, 0) is 26.3 Å². The number of nitrogens with one attached hydrogen (secondary N) is 1. The number of morpholine rings is 1. The molecule has 2 heterocycles. The van der Waals surface area contributed by atoms with E-state index in [2.05, 4.69) is 12.2 Å². The third-order valence-electron chi connectivity index (χ3n) is 4.31. The van der Waals surface area contributed by atoms with E-state index in [1.54, 1.807) is 12.1 Å². The zero-order chi connectivity index (χ0) is 13.7. The average molecular weight is 281 g/mol. The fourth-order valence-electron chi connectivity index (χ4n) is 2.96. The summed E-state index contributed by atoms with van der Waals surface area (Å²) in [7, 11) is -3.16. The molecule has 2 aliphatic rings. The molecule has 3 atom stereocenters. The smallest absolute Gasteiger partial charge is 0.178 e. The van der Waals surface area contributed by atoms with Crippen LogP contribution in [-0.4, -0.2) is 32.9 Å². The van der Waals surface area contributed by atoms with E-state index < -0.39 is 15.4 Å². The highest BCUT2D eigenvalue weighted by Crippen LogP contribution is 2.41. The predicted octanol–water partition coefficient (Wildman–Crippen LogP) is 1.46. The van der Waals surface area contributed by atoms with Crippen molar-refractivity contribution in [1.29, 1.82) is 0 Å². The topological polar surface area (TPSA) is 55.4 Å². The van der Waals surface area contributed by atoms with Gasteiger partial charge in [-0.3, -0.25) is 0 Å². The second kappa shape index (κ2) is 4.30. The minimum atomic E-state index is -3.16. The summed E-state index contributed by atoms with van der Waals surface area (Å²) in [6.07, 6.45) is 0.596. The number of hydrogen-bond acceptors (Lipinski definition) is 4. The lowest BCUT2D eigenvalue weighted by Gasteiger charge is -2.46. The lowest BCUT2D eigenvalue weighted by atomic mass is 9.87. The number of benzene rings is 1. The summed E-state index contributed by atoms with van der Waals surface area (Å²) in [5.41, 5.74) is 0.320. The first-order valence-corrected chi connectivity index (χ1v) is 8.33. The van der Waals surface area contributed by atoms with E-state index in [0.29, 0.717) is 17.9 Å². The molecule has 0 radical (unpaired) electrons. The van der Waals surface area contributed by atoms with Crippen molar-refractivity contribution in [3.05, 3.63) is 29.8 Å². The highest BCUT2D eigenvalue weighted by molar-refractivity contribution is 7.91. The van der Waals surface area contributed by atoms with Crippen LogP contribution in [0.2, 0.25) is 0 Å². The lowest BCUT2D eigenvalue weighted by Crippen LogP contribution is -2.57. The van der Waals surface area contributed by atoms with E-state index in [-0.39, 0.29) is 17.9 Å². The zero-order valence-corrected chi connectivity index (χ0v) is 12.0. The Balaban J connectivity index is 2.11. The Labute approximate surface area is 114 Å². The van der Waals surface area contributed by atoms with Gasteiger partial charge in [-0.25, -0.2) is 8.42 Å². The normalized spacial score (nSPS) is 36.9. The van der Waals surface area contributed by atoms with Crippen molar-refractivity contribution < 1.29 is 13.2 Å². The maximum Gasteiger partial charge on any atom is 0.178 e. The molecule has 0 saturated carbocycles. The first-order chi connectivity index (χ1) is 8.95. The molecule has 1 spiro atoms. The maximum absolute atomic E-state index is 12.2. The molecule has 1 aromatic carbocycles. The number of ether oxygens (including phenoxy) is 1. The van der Waals surface area contributed by atoms with Gasteiger partial charge in [0.05, 0.1) is 16.8 Å². The van der Waals surface area contributed by atoms with Crippen LogP contribution in [0.3, 0.4) is 0 Å². The van der Waals surface area contributed by atoms with Crippen LogP contribution in [0.1, 0.15) is 25.8 Å². The summed E-state index contributed by atoms with van der Waals surface area (Å²) in [4.78, 5) is 0.435. The van der Waals surface area contributed by atoms with Gasteiger partial charge in [0.1, 0.15) is 5.60 Å². The number of fused-ring (bicyclic) bond motifs is 2. The summed E-state index contributed by atoms with van der Waals surface area (Å²) in [6.45, 7) is 4.79. The molecule has 19 heavy (non-hydrogen) atoms. The summed E-state index contributed by atoms with van der Waals surface area (Å²) in [6, 6.07) is 7.52. The Morgan fingerprint density at radius 1 is 1.32 bits per heavy atom. The molecule has 0 amide bonds. The molecular formula is C14H19NO3S. The largest absolute Gasteiger partial charge is 0.364 e. The van der Waals surface area contributed by atoms with Crippen LogP contribution in [0.4, 0.5) is 0 Å². The van der Waals surface area contributed by atoms with Crippen molar-refractivity contribution in [2.45, 2.75) is 42.9 Å². The molecular weight excluding hydrogens is 262 g/mol. The first-order valence-electron chi connectivity index (χ1n) is 6.68. The molecule has 0 aliphatic carbocycles. The van der Waals surface area contributed by atoms with Crippen molar-refractivity contribution in [3.8, 4) is 0 Å². The van der Waals surface area contributed by atoms with E-state index in [4.69, 9.17) is 4.74 Å². The Bertz CT molecular complexity index is 598. The molecule has 3 unspecified atom stereocenters. The SMILES string of the molecule is CC1NCC2(CCS(=O)(=O)c3ccccc32)OC1C. The van der Waals surface area contributed by atoms with E-state index >= 15 is 0 Å². The highest BCUT2D eigenvalue weighted by atomic mass is 32.2. The van der Waals surface area contributed by atoms with Crippen molar-refractivity contribution in [3.63, 3.8) is 0 Å². The first kappa shape index (κ1) is 13.1. The van der Waals surface area contributed by atoms with Crippen LogP contribution in [0, 0.1) is 0 Å². The van der Waals surface area contributed by atoms with Gasteiger partial charge >= 0.3 is 0 Å². The summed E-state index contributed by atoms with van der Waals surface area (Å²) in [5, 5.41) is 3.44. The van der Waals surface area contributed by atoms with E-state index in [0.717, 1.165) is 5.56 Å². The molecule has 1 saturated heterocycles. The van der Waals surface area contributed by atoms with Gasteiger partial charge in [0, 0.05) is 18.2 Å². The van der Waals surface area contributed by atoms with E-state index in [9.17, 15) is 8.42 Å². The van der Waals surface area contributed by atoms with Crippen LogP contribution in [-0.2, 0) is 20.2 Å². The van der Waals surface area contributed by atoms with Crippen molar-refractivity contribution in [1.82, 2.24) is 5.32 Å². The standard InChI is InChI=1S/C14H19NO3S/c1-10-11(2)18-14(9-15-10)7-8-19(16,17)13-6-4-3-5-12(13)14/h3-6,10-11,15H,7-9H2,1-2H3. The molecule has 1 aromatic rings. The van der Waals surface area contributed by atoms with Crippen LogP contribution < -0.4 is 5.32 Å². The molecule has 1 fully saturated rings. The van der Waals surface area contributed by atoms with Gasteiger partial charge in [-0.1, -0.05) is 18.2 Å². The van der Waals surface area contributed by atoms with Gasteiger partial charge in [0.25, 0.3) is 0 Å². The molecule has 104 valence electrons. The predicted molar refractivity (Wildman–Crippen MR) is 72.8 cm³/mol. The van der Waals surface area contributed by atoms with Gasteiger partial charge in [-0.2, -0.15) is 0 Å². The fraction of sp³-hybridized carbons (Fsp3) is 0.571. The Hall–Kier alpha value is -0.910. The van der Waals surface area contributed by atoms with E-state index in [1.165, 1.54) is 0 Å². The van der Waals surface area contributed by atoms with Gasteiger partial charge < -0.3 is 10.1 Å². The van der Waals surface area contributed by atoms with Crippen molar-refractivity contribution in [2.75, 3.05) is 12.3 Å². The molecule has 0 bridgehead atoms. The van der Waals surface area contributed by atoms with Crippen molar-refractivity contribution >= 4 is 9.84 Å².